The van der Waals surface area contributed by atoms with Crippen LogP contribution in [0.5, 0.6) is 0 Å². The normalized spacial score (nSPS) is 16.6. The highest BCUT2D eigenvalue weighted by atomic mass is 16.8. The summed E-state index contributed by atoms with van der Waals surface area (Å²) in [7, 11) is 0. The maximum absolute atomic E-state index is 10.7. The Morgan fingerprint density at radius 2 is 1.75 bits per heavy atom. The molecule has 0 aromatic carbocycles. The summed E-state index contributed by atoms with van der Waals surface area (Å²) >= 11 is 0. The van der Waals surface area contributed by atoms with E-state index in [-0.39, 0.29) is 18.4 Å². The van der Waals surface area contributed by atoms with E-state index >= 15 is 0 Å². The maximum atomic E-state index is 10.7. The highest BCUT2D eigenvalue weighted by Gasteiger charge is 2.13. The Kier molecular flexibility index (Phi) is 8.21. The van der Waals surface area contributed by atoms with Gasteiger partial charge in [0.15, 0.2) is 6.29 Å². The maximum Gasteiger partial charge on any atom is 0.304 e. The molecular weight excluding hydrogens is 208 g/mol. The number of esters is 1. The molecule has 0 spiro atoms. The van der Waals surface area contributed by atoms with Crippen LogP contribution in [0.1, 0.15) is 53.9 Å². The van der Waals surface area contributed by atoms with Gasteiger partial charge in [-0.25, -0.2) is 0 Å². The molecule has 0 rings (SSSR count). The number of ether oxygens (including phenoxy) is 3. The van der Waals surface area contributed by atoms with Crippen molar-refractivity contribution in [2.75, 3.05) is 0 Å². The van der Waals surface area contributed by atoms with Crippen LogP contribution < -0.4 is 0 Å². The largest absolute Gasteiger partial charge is 0.436 e. The Labute approximate surface area is 98.3 Å². The van der Waals surface area contributed by atoms with E-state index in [1.54, 1.807) is 6.92 Å². The summed E-state index contributed by atoms with van der Waals surface area (Å²) in [5.41, 5.74) is 0. The SMILES string of the molecule is CCCCC(C)OC(C)OC(C)OC(C)=O. The van der Waals surface area contributed by atoms with Gasteiger partial charge in [0, 0.05) is 6.92 Å². The van der Waals surface area contributed by atoms with Crippen molar-refractivity contribution in [2.45, 2.75) is 72.6 Å². The first-order valence-electron chi connectivity index (χ1n) is 5.93. The molecule has 0 fully saturated rings. The van der Waals surface area contributed by atoms with Gasteiger partial charge in [-0.05, 0) is 27.2 Å². The molecule has 4 nitrogen and oxygen atoms in total. The van der Waals surface area contributed by atoms with Crippen molar-refractivity contribution in [1.82, 2.24) is 0 Å². The average molecular weight is 232 g/mol. The van der Waals surface area contributed by atoms with Crippen molar-refractivity contribution in [3.8, 4) is 0 Å². The van der Waals surface area contributed by atoms with E-state index in [9.17, 15) is 4.79 Å². The summed E-state index contributed by atoms with van der Waals surface area (Å²) in [5, 5.41) is 0. The predicted octanol–water partition coefficient (Wildman–Crippen LogP) is 2.85. The van der Waals surface area contributed by atoms with Gasteiger partial charge in [-0.3, -0.25) is 4.79 Å². The van der Waals surface area contributed by atoms with Gasteiger partial charge < -0.3 is 14.2 Å². The molecule has 0 bridgehead atoms. The summed E-state index contributed by atoms with van der Waals surface area (Å²) in [4.78, 5) is 10.7. The van der Waals surface area contributed by atoms with Gasteiger partial charge in [-0.15, -0.1) is 0 Å². The van der Waals surface area contributed by atoms with E-state index in [1.165, 1.54) is 6.92 Å². The molecule has 0 amide bonds. The lowest BCUT2D eigenvalue weighted by atomic mass is 10.2. The van der Waals surface area contributed by atoms with Crippen LogP contribution in [0.15, 0.2) is 0 Å². The Morgan fingerprint density at radius 3 is 2.25 bits per heavy atom. The van der Waals surface area contributed by atoms with Crippen molar-refractivity contribution in [3.63, 3.8) is 0 Å². The zero-order valence-corrected chi connectivity index (χ0v) is 11.0. The average Bonchev–Trinajstić information content (AvgIpc) is 2.12. The minimum atomic E-state index is -0.564. The van der Waals surface area contributed by atoms with Crippen LogP contribution in [-0.2, 0) is 19.0 Å². The van der Waals surface area contributed by atoms with Gasteiger partial charge in [0.05, 0.1) is 6.10 Å². The van der Waals surface area contributed by atoms with Crippen molar-refractivity contribution < 1.29 is 19.0 Å². The van der Waals surface area contributed by atoms with E-state index < -0.39 is 6.29 Å². The molecule has 0 aliphatic heterocycles. The first-order chi connectivity index (χ1) is 7.45. The number of carbonyl (C=O) groups is 1. The summed E-state index contributed by atoms with van der Waals surface area (Å²) in [6, 6.07) is 0. The Bertz CT molecular complexity index is 193. The van der Waals surface area contributed by atoms with E-state index in [0.29, 0.717) is 0 Å². The summed E-state index contributed by atoms with van der Waals surface area (Å²) < 4.78 is 15.8. The lowest BCUT2D eigenvalue weighted by Crippen LogP contribution is -2.26. The third kappa shape index (κ3) is 8.68. The van der Waals surface area contributed by atoms with Crippen molar-refractivity contribution >= 4 is 5.97 Å². The van der Waals surface area contributed by atoms with E-state index in [0.717, 1.165) is 19.3 Å². The molecule has 0 aromatic rings. The molecule has 16 heavy (non-hydrogen) atoms. The third-order valence-electron chi connectivity index (χ3n) is 2.10. The van der Waals surface area contributed by atoms with Crippen LogP contribution in [0.25, 0.3) is 0 Å². The number of carbonyl (C=O) groups excluding carboxylic acids is 1. The van der Waals surface area contributed by atoms with Gasteiger partial charge in [-0.1, -0.05) is 19.8 Å². The Hall–Kier alpha value is -0.610. The number of hydrogen-bond donors (Lipinski definition) is 0. The number of hydrogen-bond acceptors (Lipinski definition) is 4. The molecule has 0 heterocycles. The number of rotatable bonds is 8. The van der Waals surface area contributed by atoms with Gasteiger partial charge in [0.2, 0.25) is 6.29 Å². The second kappa shape index (κ2) is 8.53. The molecule has 0 saturated heterocycles. The lowest BCUT2D eigenvalue weighted by molar-refractivity contribution is -0.238. The second-order valence-electron chi connectivity index (χ2n) is 3.97. The van der Waals surface area contributed by atoms with Crippen LogP contribution in [-0.4, -0.2) is 24.7 Å². The van der Waals surface area contributed by atoms with E-state index in [1.807, 2.05) is 13.8 Å². The third-order valence-corrected chi connectivity index (χ3v) is 2.10. The topological polar surface area (TPSA) is 44.8 Å². The highest BCUT2D eigenvalue weighted by Crippen LogP contribution is 2.09. The standard InChI is InChI=1S/C12H24O4/c1-6-7-8-9(2)14-11(4)16-12(5)15-10(3)13/h9,11-12H,6-8H2,1-5H3. The molecule has 4 heteroatoms. The summed E-state index contributed by atoms with van der Waals surface area (Å²) in [6.45, 7) is 9.01. The van der Waals surface area contributed by atoms with Crippen LogP contribution in [0.3, 0.4) is 0 Å². The van der Waals surface area contributed by atoms with Gasteiger partial charge in [-0.2, -0.15) is 0 Å². The van der Waals surface area contributed by atoms with E-state index in [2.05, 4.69) is 6.92 Å². The van der Waals surface area contributed by atoms with E-state index in [4.69, 9.17) is 14.2 Å². The van der Waals surface area contributed by atoms with Gasteiger partial charge in [0.25, 0.3) is 0 Å². The first kappa shape index (κ1) is 15.4. The first-order valence-corrected chi connectivity index (χ1v) is 5.93. The smallest absolute Gasteiger partial charge is 0.304 e. The Balaban J connectivity index is 3.71. The predicted molar refractivity (Wildman–Crippen MR) is 61.8 cm³/mol. The molecule has 0 aliphatic carbocycles. The molecule has 0 radical (unpaired) electrons. The molecule has 3 unspecified atom stereocenters. The van der Waals surface area contributed by atoms with Crippen molar-refractivity contribution in [1.29, 1.82) is 0 Å². The fourth-order valence-electron chi connectivity index (χ4n) is 1.45. The molecule has 0 aromatic heterocycles. The van der Waals surface area contributed by atoms with Crippen LogP contribution in [0.4, 0.5) is 0 Å². The van der Waals surface area contributed by atoms with Gasteiger partial charge in [0.1, 0.15) is 0 Å². The highest BCUT2D eigenvalue weighted by molar-refractivity contribution is 5.65. The minimum absolute atomic E-state index is 0.166. The molecule has 0 saturated carbocycles. The zero-order valence-electron chi connectivity index (χ0n) is 11.0. The Morgan fingerprint density at radius 1 is 1.12 bits per heavy atom. The van der Waals surface area contributed by atoms with Crippen molar-refractivity contribution in [3.05, 3.63) is 0 Å². The minimum Gasteiger partial charge on any atom is -0.436 e. The molecule has 3 atom stereocenters. The molecule has 0 N–H and O–H groups in total. The monoisotopic (exact) mass is 232 g/mol. The molecule has 96 valence electrons. The molecule has 0 aliphatic rings. The fraction of sp³-hybridized carbons (Fsp3) is 0.917. The fourth-order valence-corrected chi connectivity index (χ4v) is 1.45. The lowest BCUT2D eigenvalue weighted by Gasteiger charge is -2.22. The molecular formula is C12H24O4. The number of unbranched alkanes of at least 4 members (excludes halogenated alkanes) is 1. The quantitative estimate of drug-likeness (QED) is 0.477. The summed E-state index contributed by atoms with van der Waals surface area (Å²) in [5.74, 6) is -0.348. The van der Waals surface area contributed by atoms with Crippen LogP contribution in [0.2, 0.25) is 0 Å². The van der Waals surface area contributed by atoms with Crippen LogP contribution >= 0.6 is 0 Å². The van der Waals surface area contributed by atoms with Crippen LogP contribution in [0, 0.1) is 0 Å². The van der Waals surface area contributed by atoms with Gasteiger partial charge >= 0.3 is 5.97 Å². The summed E-state index contributed by atoms with van der Waals surface area (Å²) in [6.07, 6.45) is 2.57. The second-order valence-corrected chi connectivity index (χ2v) is 3.97. The van der Waals surface area contributed by atoms with Crippen molar-refractivity contribution in [2.24, 2.45) is 0 Å². The zero-order chi connectivity index (χ0) is 12.6.